The van der Waals surface area contributed by atoms with E-state index in [2.05, 4.69) is 10.1 Å². The van der Waals surface area contributed by atoms with Crippen LogP contribution in [0.1, 0.15) is 19.6 Å². The van der Waals surface area contributed by atoms with Gasteiger partial charge in [0.25, 0.3) is 6.01 Å². The van der Waals surface area contributed by atoms with Gasteiger partial charge in [-0.1, -0.05) is 5.16 Å². The van der Waals surface area contributed by atoms with Crippen LogP contribution >= 0.6 is 0 Å². The minimum atomic E-state index is 0.109. The van der Waals surface area contributed by atoms with Gasteiger partial charge in [0.1, 0.15) is 11.6 Å². The predicted molar refractivity (Wildman–Crippen MR) is 57.2 cm³/mol. The molecule has 6 nitrogen and oxygen atoms in total. The molecule has 1 aromatic heterocycles. The molecule has 0 aliphatic rings. The fourth-order valence-electron chi connectivity index (χ4n) is 1.23. The molecule has 0 spiro atoms. The van der Waals surface area contributed by atoms with Crippen molar-refractivity contribution in [3.05, 3.63) is 12.0 Å². The zero-order valence-corrected chi connectivity index (χ0v) is 8.97. The maximum absolute atomic E-state index is 8.39. The molecule has 1 rings (SSSR count). The third kappa shape index (κ3) is 2.87. The van der Waals surface area contributed by atoms with Crippen LogP contribution in [0.25, 0.3) is 0 Å². The van der Waals surface area contributed by atoms with Crippen LogP contribution in [-0.4, -0.2) is 29.1 Å². The maximum atomic E-state index is 8.39. The van der Waals surface area contributed by atoms with Crippen LogP contribution in [0.2, 0.25) is 0 Å². The molecule has 15 heavy (non-hydrogen) atoms. The van der Waals surface area contributed by atoms with E-state index in [1.807, 2.05) is 18.7 Å². The van der Waals surface area contributed by atoms with Gasteiger partial charge in [0, 0.05) is 13.1 Å². The first kappa shape index (κ1) is 11.4. The fourth-order valence-corrected chi connectivity index (χ4v) is 1.23. The van der Waals surface area contributed by atoms with Crippen LogP contribution in [0.3, 0.4) is 0 Å². The Kier molecular flexibility index (Phi) is 3.96. The van der Waals surface area contributed by atoms with Gasteiger partial charge in [0.15, 0.2) is 0 Å². The summed E-state index contributed by atoms with van der Waals surface area (Å²) in [6.07, 6.45) is 1.86. The highest BCUT2D eigenvalue weighted by atomic mass is 16.4. The summed E-state index contributed by atoms with van der Waals surface area (Å²) < 4.78 is 5.44. The van der Waals surface area contributed by atoms with Gasteiger partial charge in [0.2, 0.25) is 0 Å². The van der Waals surface area contributed by atoms with Gasteiger partial charge in [-0.05, 0) is 13.8 Å². The standard InChI is InChI=1S/C9H16N4O2/c1-3-13(4-2)9-11-6-7(15-9)5-8(10)12-14/h6,14H,3-5H2,1-2H3,(H2,10,12). The Labute approximate surface area is 88.4 Å². The highest BCUT2D eigenvalue weighted by molar-refractivity contribution is 5.81. The molecule has 84 valence electrons. The van der Waals surface area contributed by atoms with E-state index in [-0.39, 0.29) is 12.3 Å². The van der Waals surface area contributed by atoms with Gasteiger partial charge < -0.3 is 20.3 Å². The van der Waals surface area contributed by atoms with Gasteiger partial charge in [-0.25, -0.2) is 4.98 Å². The lowest BCUT2D eigenvalue weighted by atomic mass is 10.3. The number of amidine groups is 1. The third-order valence-electron chi connectivity index (χ3n) is 2.06. The molecule has 6 heteroatoms. The Hall–Kier alpha value is -1.72. The molecule has 0 bridgehead atoms. The summed E-state index contributed by atoms with van der Waals surface area (Å²) in [5.41, 5.74) is 5.35. The van der Waals surface area contributed by atoms with Crippen molar-refractivity contribution in [2.45, 2.75) is 20.3 Å². The van der Waals surface area contributed by atoms with E-state index < -0.39 is 0 Å². The van der Waals surface area contributed by atoms with E-state index in [0.717, 1.165) is 13.1 Å². The second kappa shape index (κ2) is 5.23. The average molecular weight is 212 g/mol. The van der Waals surface area contributed by atoms with Crippen molar-refractivity contribution in [1.29, 1.82) is 0 Å². The van der Waals surface area contributed by atoms with Crippen molar-refractivity contribution in [2.24, 2.45) is 10.9 Å². The van der Waals surface area contributed by atoms with Crippen LogP contribution in [0.15, 0.2) is 15.8 Å². The lowest BCUT2D eigenvalue weighted by Gasteiger charge is -2.14. The van der Waals surface area contributed by atoms with Gasteiger partial charge in [-0.3, -0.25) is 0 Å². The van der Waals surface area contributed by atoms with Crippen LogP contribution in [0.4, 0.5) is 6.01 Å². The quantitative estimate of drug-likeness (QED) is 0.326. The number of anilines is 1. The van der Waals surface area contributed by atoms with Crippen molar-refractivity contribution in [3.8, 4) is 0 Å². The summed E-state index contributed by atoms with van der Waals surface area (Å²) in [5.74, 6) is 0.699. The summed E-state index contributed by atoms with van der Waals surface area (Å²) in [5, 5.41) is 11.3. The number of aromatic nitrogens is 1. The van der Waals surface area contributed by atoms with Gasteiger partial charge in [0.05, 0.1) is 12.6 Å². The molecule has 0 fully saturated rings. The Morgan fingerprint density at radius 2 is 2.27 bits per heavy atom. The monoisotopic (exact) mass is 212 g/mol. The van der Waals surface area contributed by atoms with Crippen molar-refractivity contribution < 1.29 is 9.62 Å². The lowest BCUT2D eigenvalue weighted by Crippen LogP contribution is -2.21. The number of rotatable bonds is 5. The Morgan fingerprint density at radius 1 is 1.60 bits per heavy atom. The Morgan fingerprint density at radius 3 is 2.80 bits per heavy atom. The van der Waals surface area contributed by atoms with Crippen LogP contribution in [-0.2, 0) is 6.42 Å². The second-order valence-corrected chi connectivity index (χ2v) is 3.05. The molecule has 0 atom stereocenters. The summed E-state index contributed by atoms with van der Waals surface area (Å²) in [7, 11) is 0. The lowest BCUT2D eigenvalue weighted by molar-refractivity contribution is 0.316. The van der Waals surface area contributed by atoms with E-state index in [0.29, 0.717) is 11.8 Å². The Balaban J connectivity index is 2.71. The number of oxazole rings is 1. The average Bonchev–Trinajstić information content (AvgIpc) is 2.68. The third-order valence-corrected chi connectivity index (χ3v) is 2.06. The molecule has 0 unspecified atom stereocenters. The van der Waals surface area contributed by atoms with E-state index in [1.54, 1.807) is 6.20 Å². The number of hydrogen-bond donors (Lipinski definition) is 2. The molecule has 0 saturated carbocycles. The van der Waals surface area contributed by atoms with E-state index in [4.69, 9.17) is 15.4 Å². The number of hydrogen-bond acceptors (Lipinski definition) is 5. The molecule has 1 heterocycles. The molecule has 0 aliphatic heterocycles. The van der Waals surface area contributed by atoms with Crippen molar-refractivity contribution in [1.82, 2.24) is 4.98 Å². The molecule has 1 aromatic rings. The fraction of sp³-hybridized carbons (Fsp3) is 0.556. The summed E-state index contributed by atoms with van der Waals surface area (Å²) in [6, 6.07) is 0.570. The molecule has 0 radical (unpaired) electrons. The first-order chi connectivity index (χ1) is 7.21. The zero-order chi connectivity index (χ0) is 11.3. The number of nitrogens with zero attached hydrogens (tertiary/aromatic N) is 3. The van der Waals surface area contributed by atoms with E-state index in [1.165, 1.54) is 0 Å². The zero-order valence-electron chi connectivity index (χ0n) is 8.97. The topological polar surface area (TPSA) is 87.9 Å². The molecule has 3 N–H and O–H groups in total. The first-order valence-corrected chi connectivity index (χ1v) is 4.87. The van der Waals surface area contributed by atoms with Gasteiger partial charge >= 0.3 is 0 Å². The highest BCUT2D eigenvalue weighted by Crippen LogP contribution is 2.14. The number of nitrogens with two attached hydrogens (primary N) is 1. The van der Waals surface area contributed by atoms with E-state index in [9.17, 15) is 0 Å². The summed E-state index contributed by atoms with van der Waals surface area (Å²) in [6.45, 7) is 5.72. The molecule has 0 saturated heterocycles. The summed E-state index contributed by atoms with van der Waals surface area (Å²) >= 11 is 0. The molecular formula is C9H16N4O2. The van der Waals surface area contributed by atoms with Gasteiger partial charge in [-0.2, -0.15) is 0 Å². The van der Waals surface area contributed by atoms with Crippen LogP contribution < -0.4 is 10.6 Å². The number of oxime groups is 1. The highest BCUT2D eigenvalue weighted by Gasteiger charge is 2.10. The molecule has 0 aromatic carbocycles. The largest absolute Gasteiger partial charge is 0.428 e. The van der Waals surface area contributed by atoms with Crippen molar-refractivity contribution in [2.75, 3.05) is 18.0 Å². The smallest absolute Gasteiger partial charge is 0.297 e. The Bertz CT molecular complexity index is 331. The minimum absolute atomic E-state index is 0.109. The predicted octanol–water partition coefficient (Wildman–Crippen LogP) is 0.810. The summed E-state index contributed by atoms with van der Waals surface area (Å²) in [4.78, 5) is 6.09. The van der Waals surface area contributed by atoms with E-state index >= 15 is 0 Å². The maximum Gasteiger partial charge on any atom is 0.297 e. The van der Waals surface area contributed by atoms with Crippen LogP contribution in [0, 0.1) is 0 Å². The molecule has 0 aliphatic carbocycles. The first-order valence-electron chi connectivity index (χ1n) is 4.87. The minimum Gasteiger partial charge on any atom is -0.428 e. The SMILES string of the molecule is CCN(CC)c1ncc(C/C(N)=N/O)o1. The van der Waals surface area contributed by atoms with Crippen LogP contribution in [0.5, 0.6) is 0 Å². The van der Waals surface area contributed by atoms with Crippen molar-refractivity contribution in [3.63, 3.8) is 0 Å². The normalized spacial score (nSPS) is 11.7. The van der Waals surface area contributed by atoms with Gasteiger partial charge in [-0.15, -0.1) is 0 Å². The second-order valence-electron chi connectivity index (χ2n) is 3.05. The molecule has 0 amide bonds. The van der Waals surface area contributed by atoms with Crippen molar-refractivity contribution >= 4 is 11.9 Å². The molecular weight excluding hydrogens is 196 g/mol.